The van der Waals surface area contributed by atoms with Crippen LogP contribution in [0.4, 0.5) is 0 Å². The Balaban J connectivity index is 1.62. The average Bonchev–Trinajstić information content (AvgIpc) is 1.93. The Kier molecular flexibility index (Phi) is 32.0. The zero-order chi connectivity index (χ0) is 70.6. The fraction of sp³-hybridized carbons (Fsp3) is 0.571. The number of nitrogens with one attached hydrogen (secondary N) is 9. The largest absolute Gasteiger partial charge is 0.508 e. The van der Waals surface area contributed by atoms with E-state index in [4.69, 9.17) is 28.7 Å². The molecule has 4 rings (SSSR count). The first-order valence-corrected chi connectivity index (χ1v) is 33.2. The number of carbonyl (C=O) groups is 11. The van der Waals surface area contributed by atoms with E-state index in [1.807, 2.05) is 32.0 Å². The molecule has 0 saturated carbocycles. The van der Waals surface area contributed by atoms with E-state index in [1.54, 1.807) is 58.3 Å². The number of likely N-dealkylation sites (tertiary alicyclic amines) is 1. The van der Waals surface area contributed by atoms with Gasteiger partial charge in [-0.2, -0.15) is 11.8 Å². The highest BCUT2D eigenvalue weighted by molar-refractivity contribution is 7.98. The van der Waals surface area contributed by atoms with E-state index in [1.165, 1.54) is 28.8 Å². The maximum Gasteiger partial charge on any atom is 0.326 e. The second-order valence-electron chi connectivity index (χ2n) is 24.6. The Morgan fingerprint density at radius 1 is 0.611 bits per heavy atom. The number of thioether (sulfide) groups is 1. The third kappa shape index (κ3) is 25.9. The molecule has 1 aliphatic rings. The number of carboxylic acids is 2. The van der Waals surface area contributed by atoms with Crippen LogP contribution in [0.2, 0.25) is 0 Å². The molecule has 1 saturated heterocycles. The van der Waals surface area contributed by atoms with Crippen LogP contribution in [-0.4, -0.2) is 194 Å². The summed E-state index contributed by atoms with van der Waals surface area (Å²) in [4.78, 5) is 165. The zero-order valence-corrected chi connectivity index (χ0v) is 55.8. The van der Waals surface area contributed by atoms with Gasteiger partial charge >= 0.3 is 11.9 Å². The van der Waals surface area contributed by atoms with Crippen molar-refractivity contribution in [1.29, 1.82) is 0 Å². The van der Waals surface area contributed by atoms with Gasteiger partial charge in [0.05, 0.1) is 6.04 Å². The first kappa shape index (κ1) is 78.2. The van der Waals surface area contributed by atoms with Gasteiger partial charge in [0, 0.05) is 49.6 Å². The summed E-state index contributed by atoms with van der Waals surface area (Å²) >= 11 is 1.33. The van der Waals surface area contributed by atoms with Crippen molar-refractivity contribution in [3.05, 3.63) is 65.9 Å². The van der Waals surface area contributed by atoms with Crippen LogP contribution in [0.25, 0.3) is 10.9 Å². The molecule has 524 valence electrons. The van der Waals surface area contributed by atoms with Crippen LogP contribution in [0, 0.1) is 17.8 Å². The van der Waals surface area contributed by atoms with Crippen molar-refractivity contribution in [2.45, 2.75) is 179 Å². The molecule has 22 N–H and O–H groups in total. The van der Waals surface area contributed by atoms with Gasteiger partial charge in [0.25, 0.3) is 0 Å². The highest BCUT2D eigenvalue weighted by Crippen LogP contribution is 2.23. The van der Waals surface area contributed by atoms with Crippen molar-refractivity contribution in [2.24, 2.45) is 56.4 Å². The zero-order valence-electron chi connectivity index (χ0n) is 55.0. The van der Waals surface area contributed by atoms with Gasteiger partial charge in [0.1, 0.15) is 60.1 Å². The molecule has 32 heteroatoms. The summed E-state index contributed by atoms with van der Waals surface area (Å²) in [5.41, 5.74) is 30.5. The van der Waals surface area contributed by atoms with Crippen LogP contribution in [-0.2, 0) is 65.6 Å². The van der Waals surface area contributed by atoms with Crippen molar-refractivity contribution >= 4 is 99.7 Å². The lowest BCUT2D eigenvalue weighted by molar-refractivity contribution is -0.143. The Morgan fingerprint density at radius 3 is 1.68 bits per heavy atom. The SMILES string of the molecule is CSCC[C@H](NC(=O)[C@H](CCCN=C(N)N)NC(=O)[C@@H](NC(=O)[C@H](Cc1c[nH]c2ccccc12)NC(=O)[C@H](CC(C)C)NC(=O)[C@@H]1CCCN1C(=O)[C@H](CCCN=C(N)N)NC(=O)[C@@H](NC(=O)[C@@H](N)Cc1ccc(O)cc1)C(C)C)C(C)C)C(=O)N[C@@H](CCC(=O)O)C(=O)O. The second-order valence-corrected chi connectivity index (χ2v) is 25.6. The van der Waals surface area contributed by atoms with Gasteiger partial charge in [-0.3, -0.25) is 57.9 Å². The standard InChI is InChI=1S/C63H97N17O14S/c1-33(2)29-46(77-57(89)48-17-12-27-80(48)60(92)44(16-11-26-70-63(67)68)74-59(91)50(34(3)4)78-52(84)40(64)30-36-18-20-38(81)21-19-36)55(87)76-47(31-37-32-71-41-14-9-8-13-39(37)41)56(88)79-51(35(5)6)58(90)73-42(15-10-25-69-62(65)66)53(85)72-43(24-28-95-7)54(86)75-45(61(93)94)22-23-49(82)83/h8-9,13-14,18-21,32-35,40,42-48,50-51,71,81H,10-12,15-17,22-31,64H2,1-7H3,(H,72,85)(H,73,90)(H,74,91)(H,75,86)(H,76,87)(H,77,89)(H,78,84)(H,79,88)(H,82,83)(H,93,94)(H4,65,66,69)(H4,67,68,70)/t40-,42-,43-,44-,45-,46-,47-,48-,50-,51-/m0/s1. The molecule has 9 amide bonds. The molecule has 3 aromatic rings. The summed E-state index contributed by atoms with van der Waals surface area (Å²) < 4.78 is 0. The summed E-state index contributed by atoms with van der Waals surface area (Å²) in [5.74, 6) is -11.1. The van der Waals surface area contributed by atoms with Crippen LogP contribution in [0.15, 0.2) is 64.7 Å². The molecule has 2 heterocycles. The Labute approximate surface area is 556 Å². The third-order valence-electron chi connectivity index (χ3n) is 15.8. The number of hydrogen-bond donors (Lipinski definition) is 17. The summed E-state index contributed by atoms with van der Waals surface area (Å²) in [6.07, 6.45) is 3.20. The molecule has 31 nitrogen and oxygen atoms in total. The summed E-state index contributed by atoms with van der Waals surface area (Å²) in [6.45, 7) is 10.5. The van der Waals surface area contributed by atoms with Gasteiger partial charge in [-0.1, -0.05) is 71.9 Å². The Bertz CT molecular complexity index is 3170. The minimum absolute atomic E-state index is 0.00465. The van der Waals surface area contributed by atoms with E-state index >= 15 is 0 Å². The number of aromatic hydroxyl groups is 1. The molecule has 1 aliphatic heterocycles. The lowest BCUT2D eigenvalue weighted by atomic mass is 9.98. The van der Waals surface area contributed by atoms with Crippen LogP contribution >= 0.6 is 11.8 Å². The summed E-state index contributed by atoms with van der Waals surface area (Å²) in [6, 6.07) is 0.312. The van der Waals surface area contributed by atoms with Gasteiger partial charge in [-0.05, 0) is 123 Å². The number of amides is 9. The molecule has 0 aliphatic carbocycles. The van der Waals surface area contributed by atoms with Gasteiger partial charge in [-0.15, -0.1) is 0 Å². The molecule has 10 atom stereocenters. The molecular weight excluding hydrogens is 1250 g/mol. The number of aliphatic carboxylic acids is 2. The number of carboxylic acid groups (broad SMARTS) is 2. The number of aromatic nitrogens is 1. The molecular formula is C63H97N17O14S. The van der Waals surface area contributed by atoms with Crippen molar-refractivity contribution in [3.8, 4) is 5.75 Å². The molecule has 0 spiro atoms. The minimum atomic E-state index is -1.60. The van der Waals surface area contributed by atoms with Crippen LogP contribution in [0.5, 0.6) is 5.75 Å². The van der Waals surface area contributed by atoms with Crippen molar-refractivity contribution in [1.82, 2.24) is 52.4 Å². The highest BCUT2D eigenvalue weighted by atomic mass is 32.2. The number of guanidine groups is 2. The molecule has 0 radical (unpaired) electrons. The van der Waals surface area contributed by atoms with Crippen molar-refractivity contribution in [3.63, 3.8) is 0 Å². The number of rotatable bonds is 40. The number of carbonyl (C=O) groups excluding carboxylic acids is 9. The Morgan fingerprint density at radius 2 is 1.13 bits per heavy atom. The van der Waals surface area contributed by atoms with Gasteiger partial charge in [0.15, 0.2) is 11.9 Å². The molecule has 1 aromatic heterocycles. The van der Waals surface area contributed by atoms with E-state index < -0.39 is 150 Å². The van der Waals surface area contributed by atoms with Crippen LogP contribution < -0.4 is 71.2 Å². The lowest BCUT2D eigenvalue weighted by Gasteiger charge is -2.32. The van der Waals surface area contributed by atoms with Gasteiger partial charge in [0.2, 0.25) is 53.2 Å². The first-order valence-electron chi connectivity index (χ1n) is 31.8. The maximum absolute atomic E-state index is 14.9. The number of phenols is 1. The number of hydrogen-bond acceptors (Lipinski definition) is 16. The quantitative estimate of drug-likeness (QED) is 0.0185. The maximum atomic E-state index is 14.9. The van der Waals surface area contributed by atoms with Gasteiger partial charge in [-0.25, -0.2) is 4.79 Å². The number of nitrogens with two attached hydrogens (primary N) is 5. The van der Waals surface area contributed by atoms with E-state index in [9.17, 15) is 68.1 Å². The number of aromatic amines is 1. The average molecular weight is 1350 g/mol. The highest BCUT2D eigenvalue weighted by Gasteiger charge is 2.41. The molecule has 1 fully saturated rings. The number of phenolic OH excluding ortho intramolecular Hbond substituents is 1. The third-order valence-corrected chi connectivity index (χ3v) is 16.4. The van der Waals surface area contributed by atoms with E-state index in [0.717, 1.165) is 10.9 Å². The number of nitrogens with zero attached hydrogens (tertiary/aromatic N) is 3. The summed E-state index contributed by atoms with van der Waals surface area (Å²) in [7, 11) is 0. The second kappa shape index (κ2) is 38.9. The normalized spacial score (nSPS) is 15.7. The Hall–Kier alpha value is -9.20. The minimum Gasteiger partial charge on any atom is -0.508 e. The first-order chi connectivity index (χ1) is 44.9. The number of aliphatic imine (C=N–C) groups is 2. The molecule has 0 unspecified atom stereocenters. The van der Waals surface area contributed by atoms with Crippen molar-refractivity contribution in [2.75, 3.05) is 31.6 Å². The smallest absolute Gasteiger partial charge is 0.326 e. The van der Waals surface area contributed by atoms with Crippen LogP contribution in [0.3, 0.4) is 0 Å². The molecule has 2 aromatic carbocycles. The predicted octanol–water partition coefficient (Wildman–Crippen LogP) is -0.977. The number of fused-ring (bicyclic) bond motifs is 1. The van der Waals surface area contributed by atoms with Gasteiger partial charge < -0.3 is 96.4 Å². The van der Waals surface area contributed by atoms with Crippen LogP contribution in [0.1, 0.15) is 117 Å². The molecule has 95 heavy (non-hydrogen) atoms. The van der Waals surface area contributed by atoms with Crippen molar-refractivity contribution < 1.29 is 68.1 Å². The fourth-order valence-electron chi connectivity index (χ4n) is 10.7. The predicted molar refractivity (Wildman–Crippen MR) is 358 cm³/mol. The number of para-hydroxylation sites is 1. The number of H-pyrrole nitrogens is 1. The number of benzene rings is 2. The van der Waals surface area contributed by atoms with E-state index in [0.29, 0.717) is 23.3 Å². The van der Waals surface area contributed by atoms with E-state index in [2.05, 4.69) is 57.5 Å². The lowest BCUT2D eigenvalue weighted by Crippen LogP contribution is -2.61. The molecule has 0 bridgehead atoms. The van der Waals surface area contributed by atoms with E-state index in [-0.39, 0.29) is 101 Å². The fourth-order valence-corrected chi connectivity index (χ4v) is 11.1. The monoisotopic (exact) mass is 1350 g/mol. The summed E-state index contributed by atoms with van der Waals surface area (Å²) in [5, 5.41) is 50.9. The topological polar surface area (TPSA) is 519 Å².